The van der Waals surface area contributed by atoms with Crippen molar-refractivity contribution in [2.75, 3.05) is 6.61 Å². The van der Waals surface area contributed by atoms with Crippen molar-refractivity contribution in [2.45, 2.75) is 42.4 Å². The Morgan fingerprint density at radius 2 is 2.04 bits per heavy atom. The molecule has 3 aliphatic rings. The van der Waals surface area contributed by atoms with E-state index in [1.54, 1.807) is 0 Å². The van der Waals surface area contributed by atoms with Crippen LogP contribution in [0.25, 0.3) is 0 Å². The molecule has 7 heteroatoms. The van der Waals surface area contributed by atoms with Gasteiger partial charge in [0.15, 0.2) is 11.9 Å². The lowest BCUT2D eigenvalue weighted by molar-refractivity contribution is -0.152. The van der Waals surface area contributed by atoms with Crippen LogP contribution in [0.4, 0.5) is 0 Å². The summed E-state index contributed by atoms with van der Waals surface area (Å²) in [5.41, 5.74) is 1.92. The summed E-state index contributed by atoms with van der Waals surface area (Å²) in [5.74, 6) is -2.70. The van der Waals surface area contributed by atoms with E-state index in [2.05, 4.69) is 5.32 Å². The van der Waals surface area contributed by atoms with E-state index in [4.69, 9.17) is 4.74 Å². The highest BCUT2D eigenvalue weighted by atomic mass is 32.2. The van der Waals surface area contributed by atoms with Crippen molar-refractivity contribution in [1.82, 2.24) is 5.32 Å². The maximum absolute atomic E-state index is 12.8. The number of hydrogen-bond donors (Lipinski definition) is 2. The molecule has 2 fully saturated rings. The molecule has 1 aromatic rings. The molecule has 0 bridgehead atoms. The van der Waals surface area contributed by atoms with Crippen LogP contribution in [0.1, 0.15) is 31.1 Å². The van der Waals surface area contributed by atoms with Crippen LogP contribution in [0.15, 0.2) is 24.3 Å². The summed E-state index contributed by atoms with van der Waals surface area (Å²) >= 11 is 1.48. The Kier molecular flexibility index (Phi) is 4.11. The van der Waals surface area contributed by atoms with Gasteiger partial charge in [-0.15, -0.1) is 11.8 Å². The van der Waals surface area contributed by atoms with E-state index >= 15 is 0 Å². The second-order valence-corrected chi connectivity index (χ2v) is 9.45. The van der Waals surface area contributed by atoms with E-state index in [-0.39, 0.29) is 16.9 Å². The predicted molar refractivity (Wildman–Crippen MR) is 95.9 cm³/mol. The van der Waals surface area contributed by atoms with Crippen LogP contribution in [0.3, 0.4) is 0 Å². The van der Waals surface area contributed by atoms with E-state index in [1.807, 2.05) is 38.1 Å². The number of ketones is 1. The first-order valence-corrected chi connectivity index (χ1v) is 9.63. The monoisotopic (exact) mass is 375 g/mol. The number of ether oxygens (including phenoxy) is 1. The SMILES string of the molecule is CC1(C)S[C@H]2C(C(=O)[C@H]2NC(=O)[C@@H]2OCCc3ccccc32)[C@H]1C(=O)O. The number of fused-ring (bicyclic) bond motifs is 2. The van der Waals surface area contributed by atoms with Crippen molar-refractivity contribution in [3.63, 3.8) is 0 Å². The van der Waals surface area contributed by atoms with Crippen LogP contribution in [0.5, 0.6) is 0 Å². The largest absolute Gasteiger partial charge is 0.481 e. The quantitative estimate of drug-likeness (QED) is 0.833. The van der Waals surface area contributed by atoms with E-state index in [1.165, 1.54) is 11.8 Å². The minimum atomic E-state index is -0.947. The first kappa shape index (κ1) is 17.5. The van der Waals surface area contributed by atoms with Gasteiger partial charge in [-0.1, -0.05) is 24.3 Å². The minimum absolute atomic E-state index is 0.182. The number of aliphatic carboxylic acids is 1. The number of benzene rings is 1. The van der Waals surface area contributed by atoms with Gasteiger partial charge in [-0.2, -0.15) is 0 Å². The zero-order chi connectivity index (χ0) is 18.6. The molecular weight excluding hydrogens is 354 g/mol. The van der Waals surface area contributed by atoms with Gasteiger partial charge < -0.3 is 15.2 Å². The van der Waals surface area contributed by atoms with Gasteiger partial charge in [0.05, 0.1) is 12.5 Å². The number of amides is 1. The van der Waals surface area contributed by atoms with E-state index in [0.717, 1.165) is 17.5 Å². The van der Waals surface area contributed by atoms with Gasteiger partial charge in [0.2, 0.25) is 0 Å². The highest BCUT2D eigenvalue weighted by molar-refractivity contribution is 8.01. The van der Waals surface area contributed by atoms with Gasteiger partial charge in [-0.05, 0) is 31.4 Å². The summed E-state index contributed by atoms with van der Waals surface area (Å²) in [7, 11) is 0. The van der Waals surface area contributed by atoms with Gasteiger partial charge in [0.25, 0.3) is 5.91 Å². The van der Waals surface area contributed by atoms with Gasteiger partial charge in [0, 0.05) is 15.9 Å². The molecule has 1 aromatic carbocycles. The number of carboxylic acid groups (broad SMARTS) is 1. The third kappa shape index (κ3) is 2.56. The van der Waals surface area contributed by atoms with Crippen molar-refractivity contribution < 1.29 is 24.2 Å². The van der Waals surface area contributed by atoms with Crippen LogP contribution in [-0.4, -0.2) is 45.4 Å². The Balaban J connectivity index is 1.51. The van der Waals surface area contributed by atoms with E-state index < -0.39 is 34.7 Å². The topological polar surface area (TPSA) is 92.7 Å². The van der Waals surface area contributed by atoms with E-state index in [9.17, 15) is 19.5 Å². The molecule has 2 heterocycles. The smallest absolute Gasteiger partial charge is 0.308 e. The maximum Gasteiger partial charge on any atom is 0.308 e. The number of Topliss-reactive ketones (excluding diaryl/α,β-unsaturated/α-hetero) is 1. The number of nitrogens with one attached hydrogen (secondary N) is 1. The number of carbonyl (C=O) groups is 3. The van der Waals surface area contributed by atoms with Crippen LogP contribution >= 0.6 is 11.8 Å². The molecule has 1 unspecified atom stereocenters. The summed E-state index contributed by atoms with van der Waals surface area (Å²) in [6.45, 7) is 4.16. The first-order valence-electron chi connectivity index (χ1n) is 8.75. The third-order valence-corrected chi connectivity index (χ3v) is 7.36. The molecule has 1 saturated carbocycles. The second-order valence-electron chi connectivity index (χ2n) is 7.62. The lowest BCUT2D eigenvalue weighted by atomic mass is 9.67. The molecule has 1 saturated heterocycles. The van der Waals surface area contributed by atoms with Gasteiger partial charge in [-0.25, -0.2) is 0 Å². The summed E-state index contributed by atoms with van der Waals surface area (Å²) < 4.78 is 5.12. The lowest BCUT2D eigenvalue weighted by Gasteiger charge is -2.40. The normalized spacial score (nSPS) is 34.4. The number of carbonyl (C=O) groups excluding carboxylic acids is 2. The molecule has 6 nitrogen and oxygen atoms in total. The Labute approximate surface area is 155 Å². The van der Waals surface area contributed by atoms with Crippen LogP contribution < -0.4 is 5.32 Å². The zero-order valence-corrected chi connectivity index (χ0v) is 15.4. The number of hydrogen-bond acceptors (Lipinski definition) is 5. The fraction of sp³-hybridized carbons (Fsp3) is 0.526. The van der Waals surface area contributed by atoms with Crippen LogP contribution in [0.2, 0.25) is 0 Å². The molecule has 2 N–H and O–H groups in total. The summed E-state index contributed by atoms with van der Waals surface area (Å²) in [6.07, 6.45) is 0.0404. The van der Waals surface area contributed by atoms with Gasteiger partial charge in [-0.3, -0.25) is 14.4 Å². The molecule has 4 rings (SSSR count). The molecule has 26 heavy (non-hydrogen) atoms. The Morgan fingerprint density at radius 3 is 2.77 bits per heavy atom. The van der Waals surface area contributed by atoms with Crippen molar-refractivity contribution >= 4 is 29.4 Å². The average molecular weight is 375 g/mol. The average Bonchev–Trinajstić information content (AvgIpc) is 2.87. The number of carboxylic acids is 1. The zero-order valence-electron chi connectivity index (χ0n) is 14.6. The van der Waals surface area contributed by atoms with E-state index in [0.29, 0.717) is 6.61 Å². The van der Waals surface area contributed by atoms with Crippen LogP contribution in [-0.2, 0) is 25.5 Å². The lowest BCUT2D eigenvalue weighted by Crippen LogP contribution is -2.64. The molecular formula is C19H21NO5S. The van der Waals surface area contributed by atoms with Gasteiger partial charge in [0.1, 0.15) is 6.04 Å². The summed E-state index contributed by atoms with van der Waals surface area (Å²) in [4.78, 5) is 36.9. The fourth-order valence-electron chi connectivity index (χ4n) is 4.42. The van der Waals surface area contributed by atoms with Crippen molar-refractivity contribution in [1.29, 1.82) is 0 Å². The Bertz CT molecular complexity index is 792. The second kappa shape index (κ2) is 6.09. The Morgan fingerprint density at radius 1 is 1.31 bits per heavy atom. The molecule has 0 aromatic heterocycles. The van der Waals surface area contributed by atoms with Crippen molar-refractivity contribution in [3.8, 4) is 0 Å². The Hall–Kier alpha value is -1.86. The predicted octanol–water partition coefficient (Wildman–Crippen LogP) is 1.58. The number of thioether (sulfide) groups is 1. The highest BCUT2D eigenvalue weighted by Crippen LogP contribution is 2.57. The fourth-order valence-corrected chi connectivity index (χ4v) is 6.29. The molecule has 0 radical (unpaired) electrons. The number of rotatable bonds is 3. The molecule has 1 aliphatic carbocycles. The first-order chi connectivity index (χ1) is 12.3. The molecule has 138 valence electrons. The minimum Gasteiger partial charge on any atom is -0.481 e. The van der Waals surface area contributed by atoms with Crippen LogP contribution in [0, 0.1) is 11.8 Å². The van der Waals surface area contributed by atoms with Crippen molar-refractivity contribution in [2.24, 2.45) is 11.8 Å². The summed E-state index contributed by atoms with van der Waals surface area (Å²) in [6, 6.07) is 7.01. The maximum atomic E-state index is 12.8. The third-order valence-electron chi connectivity index (χ3n) is 5.66. The molecule has 2 aliphatic heterocycles. The highest BCUT2D eigenvalue weighted by Gasteiger charge is 2.66. The molecule has 0 spiro atoms. The summed E-state index contributed by atoms with van der Waals surface area (Å²) in [5, 5.41) is 12.1. The molecule has 5 atom stereocenters. The van der Waals surface area contributed by atoms with Gasteiger partial charge >= 0.3 is 5.97 Å². The molecule has 1 amide bonds. The standard InChI is InChI=1S/C19H21NO5S/c1-19(2)12(18(23)24)11-14(21)13(16(11)26-19)20-17(22)15-10-6-4-3-5-9(10)7-8-25-15/h3-6,11-13,15-16H,7-8H2,1-2H3,(H,20,22)(H,23,24)/t11?,12-,13+,15+,16-/m0/s1. The van der Waals surface area contributed by atoms with Crippen molar-refractivity contribution in [3.05, 3.63) is 35.4 Å².